The molecule has 1 N–H and O–H groups in total. The van der Waals surface area contributed by atoms with E-state index in [1.807, 2.05) is 11.1 Å². The number of aromatic nitrogens is 3. The monoisotopic (exact) mass is 400 g/mol. The van der Waals surface area contributed by atoms with Gasteiger partial charge in [0.05, 0.1) is 17.8 Å². The molecule has 3 heterocycles. The van der Waals surface area contributed by atoms with E-state index in [1.165, 1.54) is 12.1 Å². The quantitative estimate of drug-likeness (QED) is 0.806. The maximum absolute atomic E-state index is 14.0. The van der Waals surface area contributed by atoms with Gasteiger partial charge in [-0.1, -0.05) is 17.3 Å². The second-order valence-corrected chi connectivity index (χ2v) is 7.73. The van der Waals surface area contributed by atoms with Gasteiger partial charge in [0.15, 0.2) is 0 Å². The van der Waals surface area contributed by atoms with Gasteiger partial charge in [-0.2, -0.15) is 0 Å². The number of piperidine rings is 1. The molecule has 154 valence electrons. The fraction of sp³-hybridized carbons (Fsp3) is 0.500. The number of nitrogens with zero attached hydrogens (tertiary/aromatic N) is 5. The Balaban J connectivity index is 1.34. The molecule has 2 aliphatic rings. The summed E-state index contributed by atoms with van der Waals surface area (Å²) >= 11 is 0. The molecule has 0 radical (unpaired) electrons. The zero-order chi connectivity index (χ0) is 20.2. The summed E-state index contributed by atoms with van der Waals surface area (Å²) < 4.78 is 15.8. The van der Waals surface area contributed by atoms with Crippen LogP contribution < -0.4 is 5.32 Å². The molecule has 0 aliphatic carbocycles. The van der Waals surface area contributed by atoms with Crippen LogP contribution in [0.1, 0.15) is 28.9 Å². The van der Waals surface area contributed by atoms with E-state index < -0.39 is 5.82 Å². The van der Waals surface area contributed by atoms with Gasteiger partial charge in [-0.3, -0.25) is 19.2 Å². The lowest BCUT2D eigenvalue weighted by molar-refractivity contribution is -0.124. The second-order valence-electron chi connectivity index (χ2n) is 7.73. The highest BCUT2D eigenvalue weighted by molar-refractivity contribution is 5.94. The van der Waals surface area contributed by atoms with Gasteiger partial charge in [-0.05, 0) is 30.9 Å². The minimum absolute atomic E-state index is 0.0328. The SMILES string of the molecule is O=C1CN(Cc2cn(C[C@@H]3CCCN(C(=O)c4ccccc4F)C3)nn2)CCN1. The summed E-state index contributed by atoms with van der Waals surface area (Å²) in [5, 5.41) is 11.2. The van der Waals surface area contributed by atoms with E-state index in [-0.39, 0.29) is 23.3 Å². The number of nitrogens with one attached hydrogen (secondary N) is 1. The topological polar surface area (TPSA) is 83.4 Å². The van der Waals surface area contributed by atoms with Crippen LogP contribution in [0.4, 0.5) is 4.39 Å². The maximum atomic E-state index is 14.0. The van der Waals surface area contributed by atoms with Gasteiger partial charge >= 0.3 is 0 Å². The lowest BCUT2D eigenvalue weighted by Gasteiger charge is -2.32. The minimum Gasteiger partial charge on any atom is -0.354 e. The predicted octanol–water partition coefficient (Wildman–Crippen LogP) is 0.901. The molecule has 1 atom stereocenters. The van der Waals surface area contributed by atoms with Crippen LogP contribution in [-0.2, 0) is 17.9 Å². The van der Waals surface area contributed by atoms with Crippen molar-refractivity contribution in [2.75, 3.05) is 32.7 Å². The number of benzene rings is 1. The third-order valence-electron chi connectivity index (χ3n) is 5.44. The molecule has 1 aromatic heterocycles. The van der Waals surface area contributed by atoms with Crippen molar-refractivity contribution in [3.05, 3.63) is 47.5 Å². The fourth-order valence-electron chi connectivity index (χ4n) is 4.02. The number of carbonyl (C=O) groups is 2. The van der Waals surface area contributed by atoms with Crippen molar-refractivity contribution in [2.24, 2.45) is 5.92 Å². The van der Waals surface area contributed by atoms with E-state index in [9.17, 15) is 14.0 Å². The van der Waals surface area contributed by atoms with Gasteiger partial charge in [0.2, 0.25) is 5.91 Å². The zero-order valence-corrected chi connectivity index (χ0v) is 16.3. The van der Waals surface area contributed by atoms with Crippen LogP contribution in [0.2, 0.25) is 0 Å². The molecule has 4 rings (SSSR count). The lowest BCUT2D eigenvalue weighted by atomic mass is 9.97. The van der Waals surface area contributed by atoms with Gasteiger partial charge in [0.1, 0.15) is 5.82 Å². The van der Waals surface area contributed by atoms with Crippen LogP contribution in [0.15, 0.2) is 30.5 Å². The first-order valence-corrected chi connectivity index (χ1v) is 10.0. The third-order valence-corrected chi connectivity index (χ3v) is 5.44. The molecule has 0 bridgehead atoms. The highest BCUT2D eigenvalue weighted by Gasteiger charge is 2.26. The number of likely N-dealkylation sites (tertiary alicyclic amines) is 1. The smallest absolute Gasteiger partial charge is 0.256 e. The zero-order valence-electron chi connectivity index (χ0n) is 16.3. The molecule has 2 saturated heterocycles. The third kappa shape index (κ3) is 4.79. The van der Waals surface area contributed by atoms with Crippen molar-refractivity contribution < 1.29 is 14.0 Å². The first-order valence-electron chi connectivity index (χ1n) is 10.0. The van der Waals surface area contributed by atoms with Crippen molar-refractivity contribution in [1.82, 2.24) is 30.1 Å². The number of hydrogen-bond donors (Lipinski definition) is 1. The van der Waals surface area contributed by atoms with E-state index in [2.05, 4.69) is 15.6 Å². The van der Waals surface area contributed by atoms with Crippen molar-refractivity contribution in [3.63, 3.8) is 0 Å². The number of rotatable bonds is 5. The van der Waals surface area contributed by atoms with Crippen molar-refractivity contribution in [2.45, 2.75) is 25.9 Å². The summed E-state index contributed by atoms with van der Waals surface area (Å²) in [6, 6.07) is 6.12. The highest BCUT2D eigenvalue weighted by Crippen LogP contribution is 2.21. The Bertz CT molecular complexity index is 885. The molecule has 2 amide bonds. The number of carbonyl (C=O) groups excluding carboxylic acids is 2. The Morgan fingerprint density at radius 2 is 2.14 bits per heavy atom. The first-order chi connectivity index (χ1) is 14.1. The van der Waals surface area contributed by atoms with Crippen LogP contribution in [-0.4, -0.2) is 69.3 Å². The standard InChI is InChI=1S/C20H25FN6O2/c21-18-6-2-1-5-17(18)20(29)26-8-3-4-15(10-26)11-27-13-16(23-24-27)12-25-9-7-22-19(28)14-25/h1-2,5-6,13,15H,3-4,7-12,14H2,(H,22,28)/t15-/m1/s1. The first kappa shape index (κ1) is 19.5. The Hall–Kier alpha value is -2.81. The molecular formula is C20H25FN6O2. The molecular weight excluding hydrogens is 375 g/mol. The number of amides is 2. The van der Waals surface area contributed by atoms with Crippen LogP contribution in [0.25, 0.3) is 0 Å². The average molecular weight is 400 g/mol. The molecule has 0 unspecified atom stereocenters. The Morgan fingerprint density at radius 3 is 2.97 bits per heavy atom. The van der Waals surface area contributed by atoms with Gasteiger partial charge in [-0.25, -0.2) is 4.39 Å². The highest BCUT2D eigenvalue weighted by atomic mass is 19.1. The van der Waals surface area contributed by atoms with Crippen molar-refractivity contribution in [1.29, 1.82) is 0 Å². The van der Waals surface area contributed by atoms with Crippen LogP contribution >= 0.6 is 0 Å². The van der Waals surface area contributed by atoms with Gasteiger partial charge in [-0.15, -0.1) is 5.10 Å². The van der Waals surface area contributed by atoms with Gasteiger partial charge < -0.3 is 10.2 Å². The summed E-state index contributed by atoms with van der Waals surface area (Å²) in [5.74, 6) is -0.456. The second kappa shape index (κ2) is 8.69. The Kier molecular flexibility index (Phi) is 5.84. The Morgan fingerprint density at radius 1 is 1.28 bits per heavy atom. The number of halogens is 1. The molecule has 8 nitrogen and oxygen atoms in total. The molecule has 2 fully saturated rings. The van der Waals surface area contributed by atoms with E-state index >= 15 is 0 Å². The van der Waals surface area contributed by atoms with E-state index in [4.69, 9.17) is 0 Å². The normalized spacial score (nSPS) is 20.5. The van der Waals surface area contributed by atoms with Crippen LogP contribution in [0.3, 0.4) is 0 Å². The molecule has 29 heavy (non-hydrogen) atoms. The molecule has 0 spiro atoms. The maximum Gasteiger partial charge on any atom is 0.256 e. The predicted molar refractivity (Wildman–Crippen MR) is 103 cm³/mol. The molecule has 2 aromatic rings. The summed E-state index contributed by atoms with van der Waals surface area (Å²) in [6.07, 6.45) is 3.78. The molecule has 2 aliphatic heterocycles. The Labute approximate surface area is 168 Å². The number of hydrogen-bond acceptors (Lipinski definition) is 5. The van der Waals surface area contributed by atoms with E-state index in [0.717, 1.165) is 25.1 Å². The van der Waals surface area contributed by atoms with Crippen LogP contribution in [0, 0.1) is 11.7 Å². The van der Waals surface area contributed by atoms with Crippen molar-refractivity contribution in [3.8, 4) is 0 Å². The van der Waals surface area contributed by atoms with E-state index in [0.29, 0.717) is 39.3 Å². The lowest BCUT2D eigenvalue weighted by Crippen LogP contribution is -2.47. The summed E-state index contributed by atoms with van der Waals surface area (Å²) in [7, 11) is 0. The fourth-order valence-corrected chi connectivity index (χ4v) is 4.02. The summed E-state index contributed by atoms with van der Waals surface area (Å²) in [4.78, 5) is 28.0. The van der Waals surface area contributed by atoms with Crippen molar-refractivity contribution >= 4 is 11.8 Å². The minimum atomic E-state index is -0.480. The summed E-state index contributed by atoms with van der Waals surface area (Å²) in [5.41, 5.74) is 0.955. The largest absolute Gasteiger partial charge is 0.354 e. The average Bonchev–Trinajstić information content (AvgIpc) is 3.15. The van der Waals surface area contributed by atoms with Crippen LogP contribution in [0.5, 0.6) is 0 Å². The van der Waals surface area contributed by atoms with Gasteiger partial charge in [0.25, 0.3) is 5.91 Å². The number of piperazine rings is 1. The summed E-state index contributed by atoms with van der Waals surface area (Å²) in [6.45, 7) is 4.31. The van der Waals surface area contributed by atoms with Gasteiger partial charge in [0, 0.05) is 45.5 Å². The molecule has 1 aromatic carbocycles. The molecule has 9 heteroatoms. The molecule has 0 saturated carbocycles. The van der Waals surface area contributed by atoms with E-state index in [1.54, 1.807) is 21.7 Å².